The van der Waals surface area contributed by atoms with E-state index in [4.69, 9.17) is 0 Å². The summed E-state index contributed by atoms with van der Waals surface area (Å²) in [5.74, 6) is -0.900. The molecule has 2 atom stereocenters. The summed E-state index contributed by atoms with van der Waals surface area (Å²) in [5, 5.41) is 10.3. The normalized spacial score (nSPS) is 21.3. The first-order chi connectivity index (χ1) is 11.1. The van der Waals surface area contributed by atoms with Gasteiger partial charge in [0.25, 0.3) is 0 Å². The molecule has 0 spiro atoms. The number of halogens is 3. The molecule has 1 aromatic rings. The van der Waals surface area contributed by atoms with E-state index in [1.54, 1.807) is 0 Å². The molecule has 0 radical (unpaired) electrons. The van der Waals surface area contributed by atoms with Crippen LogP contribution in [-0.2, 0) is 17.4 Å². The average molecular weight is 347 g/mol. The summed E-state index contributed by atoms with van der Waals surface area (Å²) in [6, 6.07) is -0.0589. The van der Waals surface area contributed by atoms with Gasteiger partial charge in [0, 0.05) is 32.0 Å². The lowest BCUT2D eigenvalue weighted by molar-refractivity contribution is -0.272. The van der Waals surface area contributed by atoms with Crippen molar-refractivity contribution in [1.82, 2.24) is 14.5 Å². The van der Waals surface area contributed by atoms with E-state index in [0.29, 0.717) is 12.5 Å². The lowest BCUT2D eigenvalue weighted by Crippen LogP contribution is -2.49. The standard InChI is InChI=1S/C16H24F3N3O2/c1-11(2)9-12-5-4-7-22(12)13(23)10-15(24,16(17,18)19)14-20-6-8-21(14)3/h6,8,11-12,24H,4-5,7,9-10H2,1-3H3. The maximum absolute atomic E-state index is 13.5. The molecule has 1 amide bonds. The Morgan fingerprint density at radius 2 is 2.12 bits per heavy atom. The van der Waals surface area contributed by atoms with Crippen LogP contribution in [0.1, 0.15) is 45.4 Å². The lowest BCUT2D eigenvalue weighted by atomic mass is 9.95. The van der Waals surface area contributed by atoms with Crippen LogP contribution in [0.2, 0.25) is 0 Å². The number of hydrogen-bond donors (Lipinski definition) is 1. The zero-order valence-corrected chi connectivity index (χ0v) is 14.2. The number of carbonyl (C=O) groups excluding carboxylic acids is 1. The molecule has 0 saturated carbocycles. The molecule has 0 aliphatic carbocycles. The molecule has 2 heterocycles. The number of imidazole rings is 1. The number of amides is 1. The molecule has 1 aromatic heterocycles. The highest BCUT2D eigenvalue weighted by Crippen LogP contribution is 2.41. The molecule has 2 unspecified atom stereocenters. The van der Waals surface area contributed by atoms with Gasteiger partial charge >= 0.3 is 6.18 Å². The van der Waals surface area contributed by atoms with Crippen molar-refractivity contribution < 1.29 is 23.1 Å². The van der Waals surface area contributed by atoms with Crippen molar-refractivity contribution in [2.45, 2.75) is 57.3 Å². The summed E-state index contributed by atoms with van der Waals surface area (Å²) < 4.78 is 41.7. The van der Waals surface area contributed by atoms with Crippen LogP contribution in [0.25, 0.3) is 0 Å². The van der Waals surface area contributed by atoms with Gasteiger partial charge in [-0.15, -0.1) is 0 Å². The lowest BCUT2D eigenvalue weighted by Gasteiger charge is -2.33. The fraction of sp³-hybridized carbons (Fsp3) is 0.750. The third-order valence-electron chi connectivity index (χ3n) is 4.51. The van der Waals surface area contributed by atoms with Crippen LogP contribution in [-0.4, -0.2) is 44.2 Å². The highest BCUT2D eigenvalue weighted by molar-refractivity contribution is 5.78. The van der Waals surface area contributed by atoms with Crippen molar-refractivity contribution in [1.29, 1.82) is 0 Å². The first kappa shape index (κ1) is 18.8. The van der Waals surface area contributed by atoms with E-state index in [1.165, 1.54) is 24.3 Å². The Labute approximate surface area is 139 Å². The molecule has 8 heteroatoms. The Balaban J connectivity index is 2.24. The van der Waals surface area contributed by atoms with Crippen LogP contribution in [0.3, 0.4) is 0 Å². The zero-order chi connectivity index (χ0) is 18.1. The summed E-state index contributed by atoms with van der Waals surface area (Å²) in [7, 11) is 1.36. The number of hydrogen-bond acceptors (Lipinski definition) is 3. The van der Waals surface area contributed by atoms with Gasteiger partial charge in [-0.05, 0) is 25.2 Å². The van der Waals surface area contributed by atoms with Gasteiger partial charge in [-0.25, -0.2) is 4.98 Å². The number of rotatable bonds is 5. The summed E-state index contributed by atoms with van der Waals surface area (Å²) in [6.07, 6.45) is -1.24. The monoisotopic (exact) mass is 347 g/mol. The minimum atomic E-state index is -4.99. The number of carbonyl (C=O) groups is 1. The second-order valence-electron chi connectivity index (χ2n) is 6.91. The van der Waals surface area contributed by atoms with E-state index >= 15 is 0 Å². The molecule has 136 valence electrons. The first-order valence-electron chi connectivity index (χ1n) is 8.12. The second kappa shape index (κ2) is 6.74. The maximum atomic E-state index is 13.5. The van der Waals surface area contributed by atoms with Crippen molar-refractivity contribution >= 4 is 5.91 Å². The quantitative estimate of drug-likeness (QED) is 0.891. The Bertz CT molecular complexity index is 585. The van der Waals surface area contributed by atoms with E-state index in [1.807, 2.05) is 13.8 Å². The first-order valence-corrected chi connectivity index (χ1v) is 8.12. The van der Waals surface area contributed by atoms with E-state index in [9.17, 15) is 23.1 Å². The van der Waals surface area contributed by atoms with Crippen LogP contribution in [0.5, 0.6) is 0 Å². The van der Waals surface area contributed by atoms with E-state index < -0.39 is 29.9 Å². The SMILES string of the molecule is CC(C)CC1CCCN1C(=O)CC(O)(c1nccn1C)C(F)(F)F. The Morgan fingerprint density at radius 1 is 1.46 bits per heavy atom. The molecule has 1 saturated heterocycles. The van der Waals surface area contributed by atoms with Gasteiger partial charge in [-0.3, -0.25) is 4.79 Å². The van der Waals surface area contributed by atoms with E-state index in [2.05, 4.69) is 4.98 Å². The highest BCUT2D eigenvalue weighted by Gasteiger charge is 2.59. The number of alkyl halides is 3. The molecule has 5 nitrogen and oxygen atoms in total. The zero-order valence-electron chi connectivity index (χ0n) is 14.2. The van der Waals surface area contributed by atoms with Crippen molar-refractivity contribution in [3.8, 4) is 0 Å². The molecule has 0 bridgehead atoms. The Morgan fingerprint density at radius 3 is 2.62 bits per heavy atom. The van der Waals surface area contributed by atoms with Gasteiger partial charge in [0.1, 0.15) is 0 Å². The van der Waals surface area contributed by atoms with Gasteiger partial charge in [0.05, 0.1) is 6.42 Å². The van der Waals surface area contributed by atoms with Crippen molar-refractivity contribution in [2.75, 3.05) is 6.54 Å². The number of aromatic nitrogens is 2. The molecule has 2 rings (SSSR count). The summed E-state index contributed by atoms with van der Waals surface area (Å²) >= 11 is 0. The Hall–Kier alpha value is -1.57. The highest BCUT2D eigenvalue weighted by atomic mass is 19.4. The predicted molar refractivity (Wildman–Crippen MR) is 82.0 cm³/mol. The molecular weight excluding hydrogens is 323 g/mol. The fourth-order valence-corrected chi connectivity index (χ4v) is 3.34. The minimum absolute atomic E-state index is 0.0589. The molecule has 1 fully saturated rings. The van der Waals surface area contributed by atoms with Crippen LogP contribution in [0.15, 0.2) is 12.4 Å². The van der Waals surface area contributed by atoms with Crippen molar-refractivity contribution in [2.24, 2.45) is 13.0 Å². The third-order valence-corrected chi connectivity index (χ3v) is 4.51. The molecule has 1 aliphatic rings. The predicted octanol–water partition coefficient (Wildman–Crippen LogP) is 2.60. The van der Waals surface area contributed by atoms with Gasteiger partial charge in [0.2, 0.25) is 11.5 Å². The fourth-order valence-electron chi connectivity index (χ4n) is 3.34. The molecule has 1 aliphatic heterocycles. The number of aliphatic hydroxyl groups is 1. The summed E-state index contributed by atoms with van der Waals surface area (Å²) in [6.45, 7) is 4.46. The molecular formula is C16H24F3N3O2. The van der Waals surface area contributed by atoms with Gasteiger partial charge < -0.3 is 14.6 Å². The average Bonchev–Trinajstić information content (AvgIpc) is 3.05. The summed E-state index contributed by atoms with van der Waals surface area (Å²) in [4.78, 5) is 17.6. The molecule has 1 N–H and O–H groups in total. The maximum Gasteiger partial charge on any atom is 0.425 e. The van der Waals surface area contributed by atoms with Gasteiger partial charge in [-0.1, -0.05) is 13.8 Å². The smallest absolute Gasteiger partial charge is 0.374 e. The van der Waals surface area contributed by atoms with Crippen LogP contribution >= 0.6 is 0 Å². The molecule has 0 aromatic carbocycles. The third kappa shape index (κ3) is 3.58. The van der Waals surface area contributed by atoms with Gasteiger partial charge in [0.15, 0.2) is 5.82 Å². The van der Waals surface area contributed by atoms with Crippen molar-refractivity contribution in [3.63, 3.8) is 0 Å². The summed E-state index contributed by atoms with van der Waals surface area (Å²) in [5.41, 5.74) is -3.28. The van der Waals surface area contributed by atoms with E-state index in [-0.39, 0.29) is 6.04 Å². The van der Waals surface area contributed by atoms with Crippen LogP contribution in [0.4, 0.5) is 13.2 Å². The number of nitrogens with zero attached hydrogens (tertiary/aromatic N) is 3. The molecule has 24 heavy (non-hydrogen) atoms. The van der Waals surface area contributed by atoms with Gasteiger partial charge in [-0.2, -0.15) is 13.2 Å². The van der Waals surface area contributed by atoms with Crippen LogP contribution < -0.4 is 0 Å². The largest absolute Gasteiger partial charge is 0.425 e. The van der Waals surface area contributed by atoms with E-state index in [0.717, 1.165) is 23.8 Å². The topological polar surface area (TPSA) is 58.4 Å². The number of likely N-dealkylation sites (tertiary alicyclic amines) is 1. The number of aryl methyl sites for hydroxylation is 1. The van der Waals surface area contributed by atoms with Crippen LogP contribution in [0, 0.1) is 5.92 Å². The van der Waals surface area contributed by atoms with Crippen molar-refractivity contribution in [3.05, 3.63) is 18.2 Å². The minimum Gasteiger partial charge on any atom is -0.374 e. The second-order valence-corrected chi connectivity index (χ2v) is 6.91. The Kier molecular flexibility index (Phi) is 5.27.